The Morgan fingerprint density at radius 3 is 2.50 bits per heavy atom. The van der Waals surface area contributed by atoms with Crippen molar-refractivity contribution in [3.63, 3.8) is 0 Å². The summed E-state index contributed by atoms with van der Waals surface area (Å²) in [7, 11) is 0. The zero-order valence-electron chi connectivity index (χ0n) is 12.6. The Labute approximate surface area is 141 Å². The average Bonchev–Trinajstić information content (AvgIpc) is 2.76. The average molecular weight is 359 g/mol. The highest BCUT2D eigenvalue weighted by Crippen LogP contribution is 2.57. The Morgan fingerprint density at radius 1 is 1.21 bits per heavy atom. The van der Waals surface area contributed by atoms with Crippen LogP contribution in [0.15, 0.2) is 36.4 Å². The van der Waals surface area contributed by atoms with Crippen LogP contribution >= 0.6 is 11.6 Å². The van der Waals surface area contributed by atoms with Crippen molar-refractivity contribution in [2.75, 3.05) is 6.61 Å². The van der Waals surface area contributed by atoms with Gasteiger partial charge in [-0.3, -0.25) is 0 Å². The Balaban J connectivity index is 2.23. The third-order valence-corrected chi connectivity index (χ3v) is 4.24. The molecule has 128 valence electrons. The van der Waals surface area contributed by atoms with Gasteiger partial charge in [0.15, 0.2) is 0 Å². The first-order valence-electron chi connectivity index (χ1n) is 7.20. The number of ether oxygens (including phenoxy) is 1. The molecule has 3 rings (SSSR count). The van der Waals surface area contributed by atoms with Gasteiger partial charge in [-0.25, -0.2) is 0 Å². The minimum Gasteiger partial charge on any atom is -0.491 e. The van der Waals surface area contributed by atoms with Crippen molar-refractivity contribution in [1.82, 2.24) is 0 Å². The number of hydrogen-bond donors (Lipinski definition) is 2. The summed E-state index contributed by atoms with van der Waals surface area (Å²) in [6.07, 6.45) is -5.73. The first-order valence-corrected chi connectivity index (χ1v) is 7.58. The molecule has 3 nitrogen and oxygen atoms in total. The minimum absolute atomic E-state index is 0.0423. The third-order valence-electron chi connectivity index (χ3n) is 3.94. The summed E-state index contributed by atoms with van der Waals surface area (Å²) in [5, 5.41) is 19.9. The lowest BCUT2D eigenvalue weighted by molar-refractivity contribution is -0.246. The molecular formula is C17H14ClF3O3. The Kier molecular flexibility index (Phi) is 4.02. The number of aliphatic hydroxyl groups is 2. The molecule has 1 aliphatic rings. The maximum absolute atomic E-state index is 13.7. The number of aliphatic hydroxyl groups excluding tert-OH is 1. The van der Waals surface area contributed by atoms with Crippen LogP contribution in [0.3, 0.4) is 0 Å². The number of halogens is 4. The maximum atomic E-state index is 13.7. The van der Waals surface area contributed by atoms with Crippen LogP contribution in [0.1, 0.15) is 18.1 Å². The highest BCUT2D eigenvalue weighted by atomic mass is 35.5. The smallest absolute Gasteiger partial charge is 0.425 e. The molecule has 0 radical (unpaired) electrons. The van der Waals surface area contributed by atoms with Crippen molar-refractivity contribution in [2.24, 2.45) is 0 Å². The molecular weight excluding hydrogens is 345 g/mol. The Hall–Kier alpha value is -1.76. The predicted molar refractivity (Wildman–Crippen MR) is 83.1 cm³/mol. The van der Waals surface area contributed by atoms with Crippen molar-refractivity contribution < 1.29 is 28.1 Å². The summed E-state index contributed by atoms with van der Waals surface area (Å²) >= 11 is 6.17. The molecule has 0 aliphatic heterocycles. The van der Waals surface area contributed by atoms with E-state index in [1.165, 1.54) is 31.2 Å². The van der Waals surface area contributed by atoms with E-state index in [0.29, 0.717) is 0 Å². The molecule has 7 heteroatoms. The predicted octanol–water partition coefficient (Wildman–Crippen LogP) is 3.88. The van der Waals surface area contributed by atoms with E-state index in [4.69, 9.17) is 16.3 Å². The molecule has 2 aromatic rings. The summed E-state index contributed by atoms with van der Waals surface area (Å²) in [4.78, 5) is 0. The van der Waals surface area contributed by atoms with Gasteiger partial charge in [-0.2, -0.15) is 13.2 Å². The minimum atomic E-state index is -4.93. The van der Waals surface area contributed by atoms with E-state index in [2.05, 4.69) is 0 Å². The molecule has 0 heterocycles. The van der Waals surface area contributed by atoms with E-state index in [-0.39, 0.29) is 39.6 Å². The fourth-order valence-corrected chi connectivity index (χ4v) is 3.22. The third kappa shape index (κ3) is 2.46. The number of hydrogen-bond acceptors (Lipinski definition) is 3. The van der Waals surface area contributed by atoms with E-state index in [1.54, 1.807) is 6.07 Å². The summed E-state index contributed by atoms with van der Waals surface area (Å²) < 4.78 is 46.4. The van der Waals surface area contributed by atoms with E-state index in [1.807, 2.05) is 0 Å². The normalized spacial score (nSPS) is 20.5. The molecule has 0 aromatic heterocycles. The molecule has 0 unspecified atom stereocenters. The summed E-state index contributed by atoms with van der Waals surface area (Å²) in [5.74, 6) is 0.0510. The Morgan fingerprint density at radius 2 is 1.88 bits per heavy atom. The first-order chi connectivity index (χ1) is 11.2. The first kappa shape index (κ1) is 17.1. The zero-order chi connectivity index (χ0) is 17.7. The van der Waals surface area contributed by atoms with Crippen molar-refractivity contribution in [1.29, 1.82) is 0 Å². The van der Waals surface area contributed by atoms with Crippen LogP contribution in [0, 0.1) is 0 Å². The van der Waals surface area contributed by atoms with E-state index in [9.17, 15) is 23.4 Å². The van der Waals surface area contributed by atoms with Gasteiger partial charge in [0.2, 0.25) is 5.60 Å². The molecule has 24 heavy (non-hydrogen) atoms. The van der Waals surface area contributed by atoms with Gasteiger partial charge in [0.1, 0.15) is 12.4 Å². The van der Waals surface area contributed by atoms with Crippen LogP contribution in [0.25, 0.3) is 11.1 Å². The van der Waals surface area contributed by atoms with Gasteiger partial charge in [-0.05, 0) is 24.6 Å². The number of fused-ring (bicyclic) bond motifs is 3. The lowest BCUT2D eigenvalue weighted by Crippen LogP contribution is -2.41. The molecule has 2 N–H and O–H groups in total. The van der Waals surface area contributed by atoms with Gasteiger partial charge in [0.25, 0.3) is 0 Å². The molecule has 0 saturated carbocycles. The maximum Gasteiger partial charge on any atom is 0.425 e. The highest BCUT2D eigenvalue weighted by Gasteiger charge is 2.61. The number of rotatable bonds is 3. The fourth-order valence-electron chi connectivity index (χ4n) is 2.91. The van der Waals surface area contributed by atoms with Crippen molar-refractivity contribution in [3.8, 4) is 16.9 Å². The topological polar surface area (TPSA) is 49.7 Å². The standard InChI is InChI=1S/C17H14ClF3O3/c1-9(22)8-24-10-6-13-15(14(18)7-10)11-4-2-3-5-12(11)16(13,23)17(19,20)21/h2-7,9,22-23H,8H2,1H3/t9-,16+/m0/s1. The molecule has 0 saturated heterocycles. The second-order valence-corrected chi connectivity index (χ2v) is 6.15. The quantitative estimate of drug-likeness (QED) is 0.875. The second kappa shape index (κ2) is 5.65. The second-order valence-electron chi connectivity index (χ2n) is 5.74. The lowest BCUT2D eigenvalue weighted by Gasteiger charge is -2.28. The number of alkyl halides is 3. The van der Waals surface area contributed by atoms with Gasteiger partial charge >= 0.3 is 6.18 Å². The fraction of sp³-hybridized carbons (Fsp3) is 0.294. The van der Waals surface area contributed by atoms with Gasteiger partial charge in [0, 0.05) is 16.7 Å². The molecule has 0 spiro atoms. The van der Waals surface area contributed by atoms with E-state index >= 15 is 0 Å². The lowest BCUT2D eigenvalue weighted by atomic mass is 9.90. The molecule has 2 aromatic carbocycles. The molecule has 0 amide bonds. The van der Waals surface area contributed by atoms with Gasteiger partial charge < -0.3 is 14.9 Å². The van der Waals surface area contributed by atoms with Crippen molar-refractivity contribution in [2.45, 2.75) is 24.8 Å². The van der Waals surface area contributed by atoms with Gasteiger partial charge in [-0.15, -0.1) is 0 Å². The van der Waals surface area contributed by atoms with Gasteiger partial charge in [-0.1, -0.05) is 35.9 Å². The van der Waals surface area contributed by atoms with Crippen LogP contribution in [0.4, 0.5) is 13.2 Å². The Bertz CT molecular complexity index is 789. The molecule has 0 fully saturated rings. The van der Waals surface area contributed by atoms with E-state index in [0.717, 1.165) is 6.07 Å². The van der Waals surface area contributed by atoms with Crippen LogP contribution in [0.2, 0.25) is 5.02 Å². The summed E-state index contributed by atoms with van der Waals surface area (Å²) in [6, 6.07) is 8.23. The summed E-state index contributed by atoms with van der Waals surface area (Å²) in [5.41, 5.74) is -3.42. The zero-order valence-corrected chi connectivity index (χ0v) is 13.3. The van der Waals surface area contributed by atoms with Crippen molar-refractivity contribution >= 4 is 11.6 Å². The van der Waals surface area contributed by atoms with Crippen LogP contribution in [-0.2, 0) is 5.60 Å². The van der Waals surface area contributed by atoms with Crippen LogP contribution in [-0.4, -0.2) is 29.1 Å². The molecule has 1 aliphatic carbocycles. The number of benzene rings is 2. The van der Waals surface area contributed by atoms with Gasteiger partial charge in [0.05, 0.1) is 11.1 Å². The SMILES string of the molecule is C[C@H](O)COc1cc(Cl)c2c(c1)[C@@](O)(C(F)(F)F)c1ccccc1-2. The molecule has 2 atom stereocenters. The van der Waals surface area contributed by atoms with Crippen LogP contribution < -0.4 is 4.74 Å². The van der Waals surface area contributed by atoms with Crippen molar-refractivity contribution in [3.05, 3.63) is 52.5 Å². The highest BCUT2D eigenvalue weighted by molar-refractivity contribution is 6.34. The monoisotopic (exact) mass is 358 g/mol. The largest absolute Gasteiger partial charge is 0.491 e. The van der Waals surface area contributed by atoms with Crippen LogP contribution in [0.5, 0.6) is 5.75 Å². The molecule has 0 bridgehead atoms. The summed E-state index contributed by atoms with van der Waals surface area (Å²) in [6.45, 7) is 1.38. The van der Waals surface area contributed by atoms with E-state index < -0.39 is 17.9 Å².